The van der Waals surface area contributed by atoms with Gasteiger partial charge in [0.25, 0.3) is 0 Å². The summed E-state index contributed by atoms with van der Waals surface area (Å²) in [6, 6.07) is 10.1. The second-order valence-corrected chi connectivity index (χ2v) is 6.46. The highest BCUT2D eigenvalue weighted by atomic mass is 15.4. The average molecular weight is 334 g/mol. The van der Waals surface area contributed by atoms with Crippen molar-refractivity contribution in [3.05, 3.63) is 65.5 Å². The number of aryl methyl sites for hydroxylation is 1. The predicted molar refractivity (Wildman–Crippen MR) is 95.2 cm³/mol. The van der Waals surface area contributed by atoms with Gasteiger partial charge < -0.3 is 0 Å². The zero-order valence-electron chi connectivity index (χ0n) is 14.5. The maximum absolute atomic E-state index is 4.72. The number of rotatable bonds is 5. The summed E-state index contributed by atoms with van der Waals surface area (Å²) in [6.45, 7) is 4.82. The second-order valence-electron chi connectivity index (χ2n) is 6.46. The highest BCUT2D eigenvalue weighted by molar-refractivity contribution is 5.30. The number of hydrogen-bond acceptors (Lipinski definition) is 5. The molecule has 6 nitrogen and oxygen atoms in total. The van der Waals surface area contributed by atoms with Crippen molar-refractivity contribution in [1.82, 2.24) is 29.9 Å². The minimum absolute atomic E-state index is 0.795. The molecule has 6 heteroatoms. The molecule has 0 N–H and O–H groups in total. The van der Waals surface area contributed by atoms with Gasteiger partial charge in [0.05, 0.1) is 17.6 Å². The van der Waals surface area contributed by atoms with Crippen LogP contribution in [0, 0.1) is 0 Å². The van der Waals surface area contributed by atoms with Gasteiger partial charge in [-0.3, -0.25) is 4.90 Å². The van der Waals surface area contributed by atoms with Crippen LogP contribution in [-0.4, -0.2) is 36.4 Å². The molecule has 0 saturated carbocycles. The van der Waals surface area contributed by atoms with Gasteiger partial charge in [0.2, 0.25) is 0 Å². The Morgan fingerprint density at radius 3 is 2.88 bits per heavy atom. The Morgan fingerprint density at radius 2 is 2.04 bits per heavy atom. The van der Waals surface area contributed by atoms with Gasteiger partial charge in [0.15, 0.2) is 0 Å². The van der Waals surface area contributed by atoms with Crippen LogP contribution in [-0.2, 0) is 25.9 Å². The number of fused-ring (bicyclic) bond motifs is 1. The third-order valence-corrected chi connectivity index (χ3v) is 4.48. The minimum atomic E-state index is 0.795. The van der Waals surface area contributed by atoms with Crippen molar-refractivity contribution in [2.45, 2.75) is 39.3 Å². The summed E-state index contributed by atoms with van der Waals surface area (Å²) in [5.41, 5.74) is 4.46. The minimum Gasteiger partial charge on any atom is -0.293 e. The lowest BCUT2D eigenvalue weighted by Crippen LogP contribution is -2.31. The van der Waals surface area contributed by atoms with Gasteiger partial charge in [0, 0.05) is 49.9 Å². The predicted octanol–water partition coefficient (Wildman–Crippen LogP) is 2.57. The van der Waals surface area contributed by atoms with Crippen LogP contribution >= 0.6 is 0 Å². The Morgan fingerprint density at radius 1 is 1.16 bits per heavy atom. The number of hydrogen-bond donors (Lipinski definition) is 0. The molecule has 1 aromatic carbocycles. The summed E-state index contributed by atoms with van der Waals surface area (Å²) in [5.74, 6) is 0.973. The van der Waals surface area contributed by atoms with Gasteiger partial charge in [-0.1, -0.05) is 30.3 Å². The fourth-order valence-electron chi connectivity index (χ4n) is 3.20. The molecule has 0 fully saturated rings. The van der Waals surface area contributed by atoms with E-state index in [1.165, 1.54) is 11.3 Å². The maximum Gasteiger partial charge on any atom is 0.128 e. The maximum atomic E-state index is 4.72. The Balaban J connectivity index is 1.44. The summed E-state index contributed by atoms with van der Waals surface area (Å²) in [4.78, 5) is 11.6. The Hall–Kier alpha value is -2.60. The van der Waals surface area contributed by atoms with Crippen molar-refractivity contribution in [1.29, 1.82) is 0 Å². The van der Waals surface area contributed by atoms with E-state index < -0.39 is 0 Å². The summed E-state index contributed by atoms with van der Waals surface area (Å²) in [5, 5.41) is 8.56. The summed E-state index contributed by atoms with van der Waals surface area (Å²) < 4.78 is 1.83. The van der Waals surface area contributed by atoms with E-state index in [0.29, 0.717) is 0 Å². The highest BCUT2D eigenvalue weighted by Gasteiger charge is 2.19. The molecule has 0 radical (unpaired) electrons. The lowest BCUT2D eigenvalue weighted by Gasteiger charge is -2.27. The fourth-order valence-corrected chi connectivity index (χ4v) is 3.20. The van der Waals surface area contributed by atoms with E-state index in [0.717, 1.165) is 56.1 Å². The molecule has 0 bridgehead atoms. The second kappa shape index (κ2) is 7.11. The Kier molecular flexibility index (Phi) is 4.52. The first-order valence-corrected chi connectivity index (χ1v) is 8.84. The molecule has 0 unspecified atom stereocenters. The lowest BCUT2D eigenvalue weighted by molar-refractivity contribution is 0.239. The first-order valence-electron chi connectivity index (χ1n) is 8.84. The van der Waals surface area contributed by atoms with Crippen LogP contribution < -0.4 is 0 Å². The van der Waals surface area contributed by atoms with Gasteiger partial charge in [0.1, 0.15) is 5.82 Å². The molecule has 1 aliphatic heterocycles. The first-order chi connectivity index (χ1) is 12.3. The van der Waals surface area contributed by atoms with Gasteiger partial charge >= 0.3 is 0 Å². The normalized spacial score (nSPS) is 14.4. The molecule has 0 aliphatic carbocycles. The van der Waals surface area contributed by atoms with Crippen molar-refractivity contribution in [3.63, 3.8) is 0 Å². The van der Waals surface area contributed by atoms with Crippen LogP contribution in [0.3, 0.4) is 0 Å². The fraction of sp³-hybridized carbons (Fsp3) is 0.368. The van der Waals surface area contributed by atoms with Crippen molar-refractivity contribution in [3.8, 4) is 5.69 Å². The molecule has 128 valence electrons. The van der Waals surface area contributed by atoms with E-state index in [1.807, 2.05) is 47.4 Å². The quantitative estimate of drug-likeness (QED) is 0.718. The van der Waals surface area contributed by atoms with E-state index in [-0.39, 0.29) is 0 Å². The number of aromatic nitrogens is 5. The molecule has 1 aliphatic rings. The van der Waals surface area contributed by atoms with E-state index in [2.05, 4.69) is 27.1 Å². The van der Waals surface area contributed by atoms with E-state index in [4.69, 9.17) is 4.98 Å². The number of benzene rings is 1. The van der Waals surface area contributed by atoms with E-state index in [9.17, 15) is 0 Å². The van der Waals surface area contributed by atoms with Crippen LogP contribution in [0.5, 0.6) is 0 Å². The van der Waals surface area contributed by atoms with Crippen LogP contribution in [0.4, 0.5) is 0 Å². The number of nitrogens with zero attached hydrogens (tertiary/aromatic N) is 6. The van der Waals surface area contributed by atoms with Gasteiger partial charge in [-0.2, -0.15) is 0 Å². The standard InChI is InChI=1S/C19H22N6/c1-2-6-19-20-11-15-12-24(10-9-18(15)21-19)13-16-14-25(23-22-16)17-7-4-3-5-8-17/h3-5,7-8,11,14H,2,6,9-10,12-13H2,1H3. The van der Waals surface area contributed by atoms with E-state index in [1.54, 1.807) is 0 Å². The summed E-state index contributed by atoms with van der Waals surface area (Å²) in [6.07, 6.45) is 7.02. The molecule has 2 aromatic heterocycles. The first kappa shape index (κ1) is 15.9. The zero-order valence-corrected chi connectivity index (χ0v) is 14.5. The largest absolute Gasteiger partial charge is 0.293 e. The van der Waals surface area contributed by atoms with E-state index >= 15 is 0 Å². The highest BCUT2D eigenvalue weighted by Crippen LogP contribution is 2.18. The smallest absolute Gasteiger partial charge is 0.128 e. The SMILES string of the molecule is CCCc1ncc2c(n1)CCN(Cc1cn(-c3ccccc3)nn1)C2. The van der Waals surface area contributed by atoms with Gasteiger partial charge in [-0.15, -0.1) is 5.10 Å². The molecular formula is C19H22N6. The van der Waals surface area contributed by atoms with Gasteiger partial charge in [-0.25, -0.2) is 14.6 Å². The van der Waals surface area contributed by atoms with Crippen molar-refractivity contribution >= 4 is 0 Å². The summed E-state index contributed by atoms with van der Waals surface area (Å²) >= 11 is 0. The molecule has 25 heavy (non-hydrogen) atoms. The van der Waals surface area contributed by atoms with Crippen molar-refractivity contribution < 1.29 is 0 Å². The molecule has 0 amide bonds. The van der Waals surface area contributed by atoms with Crippen LogP contribution in [0.25, 0.3) is 5.69 Å². The van der Waals surface area contributed by atoms with Crippen LogP contribution in [0.2, 0.25) is 0 Å². The Bertz CT molecular complexity index is 842. The summed E-state index contributed by atoms with van der Waals surface area (Å²) in [7, 11) is 0. The monoisotopic (exact) mass is 334 g/mol. The molecule has 0 atom stereocenters. The van der Waals surface area contributed by atoms with Gasteiger partial charge in [-0.05, 0) is 18.6 Å². The van der Waals surface area contributed by atoms with Crippen molar-refractivity contribution in [2.75, 3.05) is 6.54 Å². The third kappa shape index (κ3) is 3.58. The molecule has 0 saturated heterocycles. The molecule has 3 heterocycles. The number of para-hydroxylation sites is 1. The lowest BCUT2D eigenvalue weighted by atomic mass is 10.1. The van der Waals surface area contributed by atoms with Crippen LogP contribution in [0.15, 0.2) is 42.7 Å². The molecule has 3 aromatic rings. The average Bonchev–Trinajstić information content (AvgIpc) is 3.11. The zero-order chi connectivity index (χ0) is 17.1. The Labute approximate surface area is 147 Å². The topological polar surface area (TPSA) is 59.7 Å². The van der Waals surface area contributed by atoms with Crippen LogP contribution in [0.1, 0.15) is 36.1 Å². The molecular weight excluding hydrogens is 312 g/mol. The van der Waals surface area contributed by atoms with Crippen molar-refractivity contribution in [2.24, 2.45) is 0 Å². The molecule has 0 spiro atoms. The third-order valence-electron chi connectivity index (χ3n) is 4.48. The molecule has 4 rings (SSSR count).